The van der Waals surface area contributed by atoms with Crippen LogP contribution in [0.5, 0.6) is 0 Å². The Balaban J connectivity index is 0.000000980. The van der Waals surface area contributed by atoms with Gasteiger partial charge < -0.3 is 0 Å². The Labute approximate surface area is 106 Å². The Kier molecular flexibility index (Phi) is 3.53. The van der Waals surface area contributed by atoms with Crippen LogP contribution in [0.1, 0.15) is 31.9 Å². The Morgan fingerprint density at radius 2 is 1.71 bits per heavy atom. The summed E-state index contributed by atoms with van der Waals surface area (Å²) < 4.78 is 0. The maximum Gasteiger partial charge on any atom is 0 e. The molecule has 0 N–H and O–H groups in total. The topological polar surface area (TPSA) is 0 Å². The van der Waals surface area contributed by atoms with Gasteiger partial charge in [-0.25, -0.2) is 0 Å². The Morgan fingerprint density at radius 1 is 1.07 bits per heavy atom. The summed E-state index contributed by atoms with van der Waals surface area (Å²) in [5, 5.41) is 0. The molecule has 0 amide bonds. The van der Waals surface area contributed by atoms with Crippen LogP contribution < -0.4 is 0 Å². The van der Waals surface area contributed by atoms with Crippen molar-refractivity contribution < 1.29 is 26.2 Å². The van der Waals surface area contributed by atoms with E-state index in [2.05, 4.69) is 51.1 Å². The molecule has 0 unspecified atom stereocenters. The van der Waals surface area contributed by atoms with Gasteiger partial charge in [0.1, 0.15) is 0 Å². The van der Waals surface area contributed by atoms with Gasteiger partial charge in [0.25, 0.3) is 0 Å². The summed E-state index contributed by atoms with van der Waals surface area (Å²) in [7, 11) is 0. The van der Waals surface area contributed by atoms with E-state index in [1.807, 2.05) is 0 Å². The summed E-state index contributed by atoms with van der Waals surface area (Å²) in [6.45, 7) is 6.85. The summed E-state index contributed by atoms with van der Waals surface area (Å²) in [5.74, 6) is 0. The maximum atomic E-state index is 2.34. The second-order valence-electron chi connectivity index (χ2n) is 4.80. The first kappa shape index (κ1) is 11.9. The largest absolute Gasteiger partial charge is 0.0619 e. The third-order valence-corrected chi connectivity index (χ3v) is 2.73. The fraction of sp³-hybridized carbons (Fsp3) is 0.385. The molecule has 0 heterocycles. The molecule has 0 saturated heterocycles. The second-order valence-corrected chi connectivity index (χ2v) is 4.80. The molecule has 0 saturated carbocycles. The number of hydrogen-bond acceptors (Lipinski definition) is 0. The van der Waals surface area contributed by atoms with E-state index in [1.54, 1.807) is 5.57 Å². The molecule has 0 bridgehead atoms. The summed E-state index contributed by atoms with van der Waals surface area (Å²) in [4.78, 5) is 0. The molecule has 0 aromatic heterocycles. The van der Waals surface area contributed by atoms with E-state index in [9.17, 15) is 0 Å². The monoisotopic (exact) mass is 262 g/mol. The van der Waals surface area contributed by atoms with Crippen LogP contribution in [0.3, 0.4) is 0 Å². The molecule has 0 aliphatic heterocycles. The minimum absolute atomic E-state index is 0. The molecular weight excluding hydrogens is 247 g/mol. The zero-order valence-electron chi connectivity index (χ0n) is 9.09. The first-order valence-corrected chi connectivity index (χ1v) is 4.86. The second kappa shape index (κ2) is 4.15. The number of fused-ring (bicyclic) bond motifs is 1. The number of allylic oxidation sites excluding steroid dienone is 1. The first-order chi connectivity index (χ1) is 6.07. The van der Waals surface area contributed by atoms with Crippen molar-refractivity contribution in [1.82, 2.24) is 0 Å². The van der Waals surface area contributed by atoms with Gasteiger partial charge in [-0.3, -0.25) is 0 Å². The Hall–Kier alpha value is -0.157. The minimum atomic E-state index is 0. The van der Waals surface area contributed by atoms with Crippen LogP contribution in [0.4, 0.5) is 0 Å². The van der Waals surface area contributed by atoms with Crippen molar-refractivity contribution in [2.24, 2.45) is 5.41 Å². The molecule has 1 aliphatic carbocycles. The Bertz CT molecular complexity index is 356. The van der Waals surface area contributed by atoms with E-state index >= 15 is 0 Å². The first-order valence-electron chi connectivity index (χ1n) is 4.86. The minimum Gasteiger partial charge on any atom is -0.0619 e. The van der Waals surface area contributed by atoms with Gasteiger partial charge in [-0.2, -0.15) is 0 Å². The summed E-state index contributed by atoms with van der Waals surface area (Å²) in [6, 6.07) is 8.66. The molecule has 14 heavy (non-hydrogen) atoms. The number of rotatable bonds is 0. The molecule has 1 aliphatic rings. The van der Waals surface area contributed by atoms with Gasteiger partial charge in [0, 0.05) is 26.2 Å². The van der Waals surface area contributed by atoms with Gasteiger partial charge in [-0.15, -0.1) is 0 Å². The summed E-state index contributed by atoms with van der Waals surface area (Å²) in [5.41, 5.74) is 4.76. The van der Waals surface area contributed by atoms with E-state index < -0.39 is 0 Å². The normalized spacial score (nSPS) is 14.4. The maximum absolute atomic E-state index is 2.34. The molecule has 2 rings (SSSR count). The van der Waals surface area contributed by atoms with Crippen molar-refractivity contribution in [2.45, 2.75) is 27.2 Å². The van der Waals surface area contributed by atoms with E-state index in [0.717, 1.165) is 6.42 Å². The predicted octanol–water partition coefficient (Wildman–Crippen LogP) is 3.67. The van der Waals surface area contributed by atoms with Crippen LogP contribution in [0.25, 0.3) is 6.08 Å². The molecule has 0 spiro atoms. The van der Waals surface area contributed by atoms with E-state index in [4.69, 9.17) is 0 Å². The predicted molar refractivity (Wildman–Crippen MR) is 57.6 cm³/mol. The van der Waals surface area contributed by atoms with Crippen LogP contribution in [0.2, 0.25) is 0 Å². The van der Waals surface area contributed by atoms with Crippen LogP contribution in [0.15, 0.2) is 29.8 Å². The van der Waals surface area contributed by atoms with E-state index in [-0.39, 0.29) is 26.2 Å². The van der Waals surface area contributed by atoms with Gasteiger partial charge in [0.05, 0.1) is 0 Å². The zero-order chi connectivity index (χ0) is 9.47. The third kappa shape index (κ3) is 2.26. The molecule has 0 nitrogen and oxygen atoms in total. The van der Waals surface area contributed by atoms with Crippen LogP contribution in [-0.4, -0.2) is 0 Å². The van der Waals surface area contributed by atoms with Crippen molar-refractivity contribution >= 4 is 6.08 Å². The molecule has 1 aromatic carbocycles. The Morgan fingerprint density at radius 3 is 2.29 bits per heavy atom. The van der Waals surface area contributed by atoms with Gasteiger partial charge >= 0.3 is 0 Å². The van der Waals surface area contributed by atoms with Crippen LogP contribution in [-0.2, 0) is 32.6 Å². The van der Waals surface area contributed by atoms with E-state index in [1.165, 1.54) is 11.1 Å². The zero-order valence-corrected chi connectivity index (χ0v) is 11.6. The van der Waals surface area contributed by atoms with Crippen molar-refractivity contribution in [2.75, 3.05) is 0 Å². The van der Waals surface area contributed by atoms with Crippen molar-refractivity contribution in [1.29, 1.82) is 0 Å². The fourth-order valence-electron chi connectivity index (χ4n) is 1.76. The molecule has 0 atom stereocenters. The molecule has 1 heteroatoms. The fourth-order valence-corrected chi connectivity index (χ4v) is 1.76. The quantitative estimate of drug-likeness (QED) is 0.670. The average Bonchev–Trinajstić information content (AvgIpc) is 2.45. The average molecular weight is 263 g/mol. The smallest absolute Gasteiger partial charge is 0 e. The molecule has 72 valence electrons. The van der Waals surface area contributed by atoms with Gasteiger partial charge in [-0.05, 0) is 23.0 Å². The van der Waals surface area contributed by atoms with Crippen LogP contribution in [0, 0.1) is 5.41 Å². The molecule has 0 fully saturated rings. The van der Waals surface area contributed by atoms with Gasteiger partial charge in [-0.1, -0.05) is 56.7 Å². The molecular formula is C13H16Zr. The van der Waals surface area contributed by atoms with Crippen LogP contribution >= 0.6 is 0 Å². The standard InChI is InChI=1S/C13H16.Zr/c1-13(2,3)12-8-10-6-4-5-7-11(10)9-12;/h4-8H,9H2,1-3H3;. The molecule has 0 radical (unpaired) electrons. The summed E-state index contributed by atoms with van der Waals surface area (Å²) in [6.07, 6.45) is 3.48. The van der Waals surface area contributed by atoms with Crippen molar-refractivity contribution in [3.05, 3.63) is 41.0 Å². The summed E-state index contributed by atoms with van der Waals surface area (Å²) >= 11 is 0. The molecule has 1 aromatic rings. The number of benzene rings is 1. The van der Waals surface area contributed by atoms with Gasteiger partial charge in [0.15, 0.2) is 0 Å². The SMILES string of the molecule is CC(C)(C)C1=Cc2ccccc2C1.[Zr]. The van der Waals surface area contributed by atoms with Crippen molar-refractivity contribution in [3.63, 3.8) is 0 Å². The van der Waals surface area contributed by atoms with E-state index in [0.29, 0.717) is 5.41 Å². The third-order valence-electron chi connectivity index (χ3n) is 2.73. The van der Waals surface area contributed by atoms with Crippen molar-refractivity contribution in [3.8, 4) is 0 Å². The van der Waals surface area contributed by atoms with Gasteiger partial charge in [0.2, 0.25) is 0 Å². The number of hydrogen-bond donors (Lipinski definition) is 0.